The molecule has 4 atom stereocenters. The standard InChI is InChI=1S/C19H25N3O3/c20-10-17-16-9-13(16)11-22(17)19(24)18(23)21-8-4-7-15(12-21)25-14-5-2-1-3-6-14/h1-3,5-6,13,15-17H,4,7-12,20H2/t13-,15?,16-,17+/m0/s1. The van der Waals surface area contributed by atoms with Crippen molar-refractivity contribution in [2.24, 2.45) is 17.6 Å². The number of benzene rings is 1. The summed E-state index contributed by atoms with van der Waals surface area (Å²) in [5.41, 5.74) is 5.83. The van der Waals surface area contributed by atoms with Crippen LogP contribution in [0.1, 0.15) is 19.3 Å². The molecule has 0 radical (unpaired) electrons. The average Bonchev–Trinajstić information content (AvgIpc) is 3.32. The van der Waals surface area contributed by atoms with Crippen molar-refractivity contribution in [3.8, 4) is 5.75 Å². The molecule has 2 saturated heterocycles. The summed E-state index contributed by atoms with van der Waals surface area (Å²) in [5, 5.41) is 0. The Bertz CT molecular complexity index is 651. The summed E-state index contributed by atoms with van der Waals surface area (Å²) >= 11 is 0. The first-order chi connectivity index (χ1) is 12.2. The van der Waals surface area contributed by atoms with Crippen LogP contribution in [0, 0.1) is 11.8 Å². The van der Waals surface area contributed by atoms with Gasteiger partial charge in [0.05, 0.1) is 6.54 Å². The largest absolute Gasteiger partial charge is 0.489 e. The number of para-hydroxylation sites is 1. The summed E-state index contributed by atoms with van der Waals surface area (Å²) < 4.78 is 5.97. The van der Waals surface area contributed by atoms with Crippen molar-refractivity contribution in [2.45, 2.75) is 31.4 Å². The van der Waals surface area contributed by atoms with E-state index in [9.17, 15) is 9.59 Å². The van der Waals surface area contributed by atoms with E-state index in [4.69, 9.17) is 10.5 Å². The van der Waals surface area contributed by atoms with Crippen LogP contribution >= 0.6 is 0 Å². The van der Waals surface area contributed by atoms with Crippen LogP contribution in [-0.2, 0) is 9.59 Å². The van der Waals surface area contributed by atoms with E-state index < -0.39 is 5.91 Å². The average molecular weight is 343 g/mol. The van der Waals surface area contributed by atoms with Gasteiger partial charge in [-0.15, -0.1) is 0 Å². The van der Waals surface area contributed by atoms with Gasteiger partial charge < -0.3 is 20.3 Å². The van der Waals surface area contributed by atoms with Crippen molar-refractivity contribution in [1.29, 1.82) is 0 Å². The Morgan fingerprint density at radius 2 is 1.96 bits per heavy atom. The van der Waals surface area contributed by atoms with Crippen molar-refractivity contribution in [2.75, 3.05) is 26.2 Å². The van der Waals surface area contributed by atoms with Gasteiger partial charge >= 0.3 is 11.8 Å². The molecule has 2 N–H and O–H groups in total. The first kappa shape index (κ1) is 16.4. The second-order valence-corrected chi connectivity index (χ2v) is 7.37. The number of piperidine rings is 2. The zero-order chi connectivity index (χ0) is 17.4. The number of likely N-dealkylation sites (tertiary alicyclic amines) is 2. The minimum Gasteiger partial charge on any atom is -0.489 e. The molecule has 1 saturated carbocycles. The lowest BCUT2D eigenvalue weighted by molar-refractivity contribution is -0.154. The Balaban J connectivity index is 1.37. The molecule has 0 spiro atoms. The number of nitrogens with zero attached hydrogens (tertiary/aromatic N) is 2. The molecule has 2 amide bonds. The lowest BCUT2D eigenvalue weighted by Gasteiger charge is -2.34. The fourth-order valence-electron chi connectivity index (χ4n) is 4.28. The van der Waals surface area contributed by atoms with Gasteiger partial charge in [-0.25, -0.2) is 0 Å². The fraction of sp³-hybridized carbons (Fsp3) is 0.579. The highest BCUT2D eigenvalue weighted by atomic mass is 16.5. The second kappa shape index (κ2) is 6.67. The van der Waals surface area contributed by atoms with E-state index in [-0.39, 0.29) is 18.1 Å². The van der Waals surface area contributed by atoms with Crippen molar-refractivity contribution in [1.82, 2.24) is 9.80 Å². The lowest BCUT2D eigenvalue weighted by Crippen LogP contribution is -2.53. The Morgan fingerprint density at radius 3 is 2.72 bits per heavy atom. The van der Waals surface area contributed by atoms with Crippen LogP contribution in [0.4, 0.5) is 0 Å². The van der Waals surface area contributed by atoms with Crippen LogP contribution in [-0.4, -0.2) is 59.9 Å². The fourth-order valence-corrected chi connectivity index (χ4v) is 4.28. The van der Waals surface area contributed by atoms with E-state index in [0.717, 1.165) is 25.0 Å². The van der Waals surface area contributed by atoms with Crippen LogP contribution in [0.5, 0.6) is 5.75 Å². The number of hydrogen-bond donors (Lipinski definition) is 1. The van der Waals surface area contributed by atoms with Crippen LogP contribution in [0.25, 0.3) is 0 Å². The molecule has 1 unspecified atom stereocenters. The van der Waals surface area contributed by atoms with Gasteiger partial charge in [0.1, 0.15) is 11.9 Å². The molecule has 4 rings (SSSR count). The molecule has 134 valence electrons. The zero-order valence-corrected chi connectivity index (χ0v) is 14.3. The molecule has 25 heavy (non-hydrogen) atoms. The number of ether oxygens (including phenoxy) is 1. The first-order valence-corrected chi connectivity index (χ1v) is 9.19. The lowest BCUT2D eigenvalue weighted by atomic mass is 10.1. The van der Waals surface area contributed by atoms with Crippen LogP contribution in [0.15, 0.2) is 30.3 Å². The molecule has 6 nitrogen and oxygen atoms in total. The quantitative estimate of drug-likeness (QED) is 0.826. The molecular weight excluding hydrogens is 318 g/mol. The van der Waals surface area contributed by atoms with E-state index in [1.807, 2.05) is 30.3 Å². The van der Waals surface area contributed by atoms with Crippen molar-refractivity contribution < 1.29 is 14.3 Å². The number of carbonyl (C=O) groups is 2. The normalized spacial score (nSPS) is 30.8. The molecule has 1 aliphatic carbocycles. The van der Waals surface area contributed by atoms with Crippen molar-refractivity contribution >= 4 is 11.8 Å². The molecule has 6 heteroatoms. The van der Waals surface area contributed by atoms with Crippen molar-refractivity contribution in [3.63, 3.8) is 0 Å². The Hall–Kier alpha value is -2.08. The van der Waals surface area contributed by atoms with Crippen LogP contribution in [0.2, 0.25) is 0 Å². The summed E-state index contributed by atoms with van der Waals surface area (Å²) in [4.78, 5) is 28.7. The van der Waals surface area contributed by atoms with Gasteiger partial charge in [-0.05, 0) is 43.2 Å². The van der Waals surface area contributed by atoms with E-state index in [1.165, 1.54) is 0 Å². The van der Waals surface area contributed by atoms with Gasteiger partial charge in [0.25, 0.3) is 0 Å². The number of carbonyl (C=O) groups excluding carboxylic acids is 2. The summed E-state index contributed by atoms with van der Waals surface area (Å²) in [6.07, 6.45) is 2.83. The number of rotatable bonds is 3. The summed E-state index contributed by atoms with van der Waals surface area (Å²) in [7, 11) is 0. The van der Waals surface area contributed by atoms with Gasteiger partial charge in [-0.3, -0.25) is 9.59 Å². The SMILES string of the molecule is NC[C@@H]1[C@H]2C[C@H]2CN1C(=O)C(=O)N1CCCC(Oc2ccccc2)C1. The molecule has 3 fully saturated rings. The molecule has 2 aliphatic heterocycles. The third-order valence-electron chi connectivity index (χ3n) is 5.70. The van der Waals surface area contributed by atoms with E-state index in [2.05, 4.69) is 0 Å². The Morgan fingerprint density at radius 1 is 1.16 bits per heavy atom. The molecule has 2 heterocycles. The number of nitrogens with two attached hydrogens (primary N) is 1. The first-order valence-electron chi connectivity index (χ1n) is 9.19. The van der Waals surface area contributed by atoms with Crippen LogP contribution in [0.3, 0.4) is 0 Å². The summed E-state index contributed by atoms with van der Waals surface area (Å²) in [5.74, 6) is 1.08. The third-order valence-corrected chi connectivity index (χ3v) is 5.70. The van der Waals surface area contributed by atoms with Crippen molar-refractivity contribution in [3.05, 3.63) is 30.3 Å². The van der Waals surface area contributed by atoms with Gasteiger partial charge in [0.15, 0.2) is 0 Å². The highest BCUT2D eigenvalue weighted by Gasteiger charge is 2.54. The second-order valence-electron chi connectivity index (χ2n) is 7.37. The van der Waals surface area contributed by atoms with Gasteiger partial charge in [-0.2, -0.15) is 0 Å². The van der Waals surface area contributed by atoms with E-state index in [0.29, 0.717) is 38.0 Å². The third kappa shape index (κ3) is 3.23. The molecule has 0 aromatic heterocycles. The smallest absolute Gasteiger partial charge is 0.312 e. The van der Waals surface area contributed by atoms with Gasteiger partial charge in [-0.1, -0.05) is 18.2 Å². The number of hydrogen-bond acceptors (Lipinski definition) is 4. The number of fused-ring (bicyclic) bond motifs is 1. The Kier molecular flexibility index (Phi) is 4.37. The molecule has 1 aromatic carbocycles. The minimum atomic E-state index is -0.402. The minimum absolute atomic E-state index is 0.0441. The van der Waals surface area contributed by atoms with E-state index in [1.54, 1.807) is 9.80 Å². The van der Waals surface area contributed by atoms with Gasteiger partial charge in [0, 0.05) is 25.7 Å². The summed E-state index contributed by atoms with van der Waals surface area (Å²) in [6.45, 7) is 2.22. The molecule has 3 aliphatic rings. The van der Waals surface area contributed by atoms with E-state index >= 15 is 0 Å². The topological polar surface area (TPSA) is 75.9 Å². The molecule has 1 aromatic rings. The molecule has 0 bridgehead atoms. The summed E-state index contributed by atoms with van der Waals surface area (Å²) in [6, 6.07) is 9.66. The highest BCUT2D eigenvalue weighted by Crippen LogP contribution is 2.49. The number of amides is 2. The van der Waals surface area contributed by atoms with Crippen LogP contribution < -0.4 is 10.5 Å². The highest BCUT2D eigenvalue weighted by molar-refractivity contribution is 6.35. The molecular formula is C19H25N3O3. The Labute approximate surface area is 147 Å². The predicted molar refractivity (Wildman–Crippen MR) is 92.8 cm³/mol. The maximum Gasteiger partial charge on any atom is 0.312 e. The maximum absolute atomic E-state index is 12.7. The van der Waals surface area contributed by atoms with Gasteiger partial charge in [0.2, 0.25) is 0 Å². The monoisotopic (exact) mass is 343 g/mol. The zero-order valence-electron chi connectivity index (χ0n) is 14.3. The maximum atomic E-state index is 12.7. The predicted octanol–water partition coefficient (Wildman–Crippen LogP) is 0.862.